The second kappa shape index (κ2) is 9.16. The van der Waals surface area contributed by atoms with E-state index in [4.69, 9.17) is 22.1 Å². The third-order valence-electron chi connectivity index (χ3n) is 5.98. The van der Waals surface area contributed by atoms with Crippen molar-refractivity contribution < 1.29 is 14.3 Å². The van der Waals surface area contributed by atoms with Crippen LogP contribution < -0.4 is 15.8 Å². The van der Waals surface area contributed by atoms with E-state index >= 15 is 0 Å². The molecule has 0 unspecified atom stereocenters. The van der Waals surface area contributed by atoms with E-state index in [2.05, 4.69) is 10.3 Å². The van der Waals surface area contributed by atoms with Crippen LogP contribution in [0.2, 0.25) is 5.02 Å². The number of amides is 2. The third-order valence-corrected chi connectivity index (χ3v) is 6.22. The van der Waals surface area contributed by atoms with E-state index in [1.807, 2.05) is 60.7 Å². The number of fused-ring (bicyclic) bond motifs is 3. The van der Waals surface area contributed by atoms with Crippen LogP contribution in [0.4, 0.5) is 0 Å². The fourth-order valence-corrected chi connectivity index (χ4v) is 4.45. The summed E-state index contributed by atoms with van der Waals surface area (Å²) in [6.45, 7) is 0.330. The lowest BCUT2D eigenvalue weighted by molar-refractivity contribution is 0.0951. The van der Waals surface area contributed by atoms with Crippen molar-refractivity contribution in [3.63, 3.8) is 0 Å². The Hall–Kier alpha value is -4.29. The first kappa shape index (κ1) is 22.5. The monoisotopic (exact) mass is 483 g/mol. The molecule has 5 rings (SSSR count). The number of primary amides is 1. The predicted octanol–water partition coefficient (Wildman–Crippen LogP) is 5.68. The van der Waals surface area contributed by atoms with E-state index in [1.54, 1.807) is 25.3 Å². The number of hydrogen-bond donors (Lipinski definition) is 3. The highest BCUT2D eigenvalue weighted by Gasteiger charge is 2.17. The van der Waals surface area contributed by atoms with Crippen LogP contribution in [0.15, 0.2) is 78.9 Å². The topological polar surface area (TPSA) is 97.2 Å². The molecule has 174 valence electrons. The highest BCUT2D eigenvalue weighted by atomic mass is 35.5. The summed E-state index contributed by atoms with van der Waals surface area (Å²) in [5.74, 6) is -0.0249. The summed E-state index contributed by atoms with van der Waals surface area (Å²) in [6, 6.07) is 24.2. The van der Waals surface area contributed by atoms with Gasteiger partial charge >= 0.3 is 0 Å². The summed E-state index contributed by atoms with van der Waals surface area (Å²) < 4.78 is 5.39. The molecule has 0 saturated heterocycles. The highest BCUT2D eigenvalue weighted by Crippen LogP contribution is 2.34. The van der Waals surface area contributed by atoms with Crippen molar-refractivity contribution in [2.75, 3.05) is 7.11 Å². The predicted molar refractivity (Wildman–Crippen MR) is 139 cm³/mol. The molecular weight excluding hydrogens is 462 g/mol. The molecule has 0 aliphatic rings. The number of nitrogens with one attached hydrogen (secondary N) is 2. The Morgan fingerprint density at radius 2 is 1.77 bits per heavy atom. The molecule has 0 saturated carbocycles. The average molecular weight is 484 g/mol. The molecule has 7 heteroatoms. The zero-order valence-corrected chi connectivity index (χ0v) is 19.6. The fourth-order valence-electron chi connectivity index (χ4n) is 4.23. The van der Waals surface area contributed by atoms with Crippen LogP contribution in [0, 0.1) is 0 Å². The van der Waals surface area contributed by atoms with Gasteiger partial charge in [-0.25, -0.2) is 0 Å². The van der Waals surface area contributed by atoms with Gasteiger partial charge in [0.25, 0.3) is 5.91 Å². The zero-order chi connectivity index (χ0) is 24.5. The summed E-state index contributed by atoms with van der Waals surface area (Å²) >= 11 is 6.09. The number of aromatic amines is 1. The first-order valence-corrected chi connectivity index (χ1v) is 11.4. The van der Waals surface area contributed by atoms with E-state index in [0.29, 0.717) is 28.2 Å². The lowest BCUT2D eigenvalue weighted by Gasteiger charge is -2.11. The molecular formula is C28H22ClN3O3. The molecule has 35 heavy (non-hydrogen) atoms. The molecule has 5 aromatic rings. The molecule has 0 radical (unpaired) electrons. The van der Waals surface area contributed by atoms with Crippen LogP contribution in [0.5, 0.6) is 5.75 Å². The Bertz CT molecular complexity index is 1610. The lowest BCUT2D eigenvalue weighted by Crippen LogP contribution is -2.23. The Morgan fingerprint density at radius 3 is 2.54 bits per heavy atom. The number of aromatic nitrogens is 1. The SMILES string of the molecule is COc1cccc(-c2cc(C(=O)NCc3cccc(Cl)c3)c3[nH]c4cc(C(N)=O)ccc4c3c2)c1. The molecule has 0 fully saturated rings. The van der Waals surface area contributed by atoms with Crippen LogP contribution in [-0.4, -0.2) is 23.9 Å². The van der Waals surface area contributed by atoms with Crippen molar-refractivity contribution in [2.24, 2.45) is 5.73 Å². The summed E-state index contributed by atoms with van der Waals surface area (Å²) in [7, 11) is 1.62. The first-order valence-electron chi connectivity index (χ1n) is 11.0. The number of methoxy groups -OCH3 is 1. The van der Waals surface area contributed by atoms with Gasteiger partial charge in [-0.2, -0.15) is 0 Å². The Balaban J connectivity index is 1.65. The maximum Gasteiger partial charge on any atom is 0.253 e. The second-order valence-corrected chi connectivity index (χ2v) is 8.68. The number of hydrogen-bond acceptors (Lipinski definition) is 3. The highest BCUT2D eigenvalue weighted by molar-refractivity contribution is 6.30. The summed E-state index contributed by atoms with van der Waals surface area (Å²) in [6.07, 6.45) is 0. The van der Waals surface area contributed by atoms with Gasteiger partial charge < -0.3 is 20.8 Å². The molecule has 2 amide bonds. The maximum absolute atomic E-state index is 13.4. The van der Waals surface area contributed by atoms with E-state index < -0.39 is 5.91 Å². The van der Waals surface area contributed by atoms with Crippen molar-refractivity contribution in [1.29, 1.82) is 0 Å². The summed E-state index contributed by atoms with van der Waals surface area (Å²) in [5.41, 5.74) is 10.4. The fraction of sp³-hybridized carbons (Fsp3) is 0.0714. The van der Waals surface area contributed by atoms with Crippen LogP contribution in [0.1, 0.15) is 26.3 Å². The number of H-pyrrole nitrogens is 1. The molecule has 0 aliphatic carbocycles. The minimum absolute atomic E-state index is 0.235. The molecule has 0 bridgehead atoms. The van der Waals surface area contributed by atoms with Gasteiger partial charge in [-0.3, -0.25) is 9.59 Å². The number of nitrogens with two attached hydrogens (primary N) is 1. The zero-order valence-electron chi connectivity index (χ0n) is 18.9. The number of halogens is 1. The summed E-state index contributed by atoms with van der Waals surface area (Å²) in [5, 5.41) is 5.36. The molecule has 0 spiro atoms. The van der Waals surface area contributed by atoms with Crippen LogP contribution in [0.3, 0.4) is 0 Å². The minimum Gasteiger partial charge on any atom is -0.497 e. The standard InChI is InChI=1S/C28H22ClN3O3/c1-35-21-7-3-5-17(11-21)19-12-23-22-9-8-18(27(30)33)14-25(22)32-26(23)24(13-19)28(34)31-15-16-4-2-6-20(29)10-16/h2-14,32H,15H2,1H3,(H2,30,33)(H,31,34). The van der Waals surface area contributed by atoms with E-state index in [1.165, 1.54) is 0 Å². The number of carbonyl (C=O) groups excluding carboxylic acids is 2. The molecule has 4 N–H and O–H groups in total. The number of benzene rings is 4. The van der Waals surface area contributed by atoms with Gasteiger partial charge in [-0.05, 0) is 65.2 Å². The second-order valence-electron chi connectivity index (χ2n) is 8.24. The van der Waals surface area contributed by atoms with Crippen LogP contribution >= 0.6 is 11.6 Å². The van der Waals surface area contributed by atoms with Crippen LogP contribution in [-0.2, 0) is 6.54 Å². The van der Waals surface area contributed by atoms with Gasteiger partial charge in [0.1, 0.15) is 5.75 Å². The quantitative estimate of drug-likeness (QED) is 0.290. The third kappa shape index (κ3) is 4.44. The van der Waals surface area contributed by atoms with E-state index in [9.17, 15) is 9.59 Å². The Labute approximate surface area is 206 Å². The molecule has 0 atom stereocenters. The van der Waals surface area contributed by atoms with Crippen molar-refractivity contribution in [3.05, 3.63) is 101 Å². The molecule has 0 aliphatic heterocycles. The number of rotatable bonds is 6. The first-order chi connectivity index (χ1) is 16.9. The van der Waals surface area contributed by atoms with E-state index in [0.717, 1.165) is 38.7 Å². The molecule has 4 aromatic carbocycles. The lowest BCUT2D eigenvalue weighted by atomic mass is 9.98. The Morgan fingerprint density at radius 1 is 0.943 bits per heavy atom. The number of ether oxygens (including phenoxy) is 1. The van der Waals surface area contributed by atoms with Crippen molar-refractivity contribution in [1.82, 2.24) is 10.3 Å². The largest absolute Gasteiger partial charge is 0.497 e. The van der Waals surface area contributed by atoms with Gasteiger partial charge in [0.05, 0.1) is 18.2 Å². The van der Waals surface area contributed by atoms with Crippen molar-refractivity contribution in [3.8, 4) is 16.9 Å². The van der Waals surface area contributed by atoms with Gasteiger partial charge in [-0.1, -0.05) is 41.9 Å². The molecule has 1 heterocycles. The maximum atomic E-state index is 13.4. The number of carbonyl (C=O) groups is 2. The van der Waals surface area contributed by atoms with Gasteiger partial charge in [0, 0.05) is 33.4 Å². The van der Waals surface area contributed by atoms with Gasteiger partial charge in [0.2, 0.25) is 5.91 Å². The van der Waals surface area contributed by atoms with Crippen molar-refractivity contribution >= 4 is 45.2 Å². The summed E-state index contributed by atoms with van der Waals surface area (Å²) in [4.78, 5) is 28.4. The van der Waals surface area contributed by atoms with Crippen LogP contribution in [0.25, 0.3) is 32.9 Å². The van der Waals surface area contributed by atoms with E-state index in [-0.39, 0.29) is 5.91 Å². The minimum atomic E-state index is -0.512. The van der Waals surface area contributed by atoms with Gasteiger partial charge in [0.15, 0.2) is 0 Å². The molecule has 1 aromatic heterocycles. The average Bonchev–Trinajstić information content (AvgIpc) is 3.24. The Kier molecular flexibility index (Phi) is 5.89. The smallest absolute Gasteiger partial charge is 0.253 e. The molecule has 6 nitrogen and oxygen atoms in total. The van der Waals surface area contributed by atoms with Crippen molar-refractivity contribution in [2.45, 2.75) is 6.54 Å². The van der Waals surface area contributed by atoms with Gasteiger partial charge in [-0.15, -0.1) is 0 Å². The normalized spacial score (nSPS) is 11.0.